The zero-order valence-electron chi connectivity index (χ0n) is 11.3. The van der Waals surface area contributed by atoms with Gasteiger partial charge in [0.2, 0.25) is 0 Å². The van der Waals surface area contributed by atoms with E-state index in [1.807, 2.05) is 6.07 Å². The van der Waals surface area contributed by atoms with Gasteiger partial charge < -0.3 is 19.3 Å². The van der Waals surface area contributed by atoms with E-state index in [9.17, 15) is 5.11 Å². The van der Waals surface area contributed by atoms with Crippen LogP contribution in [0.4, 0.5) is 0 Å². The highest BCUT2D eigenvalue weighted by atomic mass is 16.5. The first-order valence-electron chi connectivity index (χ1n) is 6.15. The van der Waals surface area contributed by atoms with Gasteiger partial charge in [-0.25, -0.2) is 0 Å². The lowest BCUT2D eigenvalue weighted by atomic mass is 10.2. The molecule has 1 aromatic rings. The Hall–Kier alpha value is -1.26. The summed E-state index contributed by atoms with van der Waals surface area (Å²) in [5.74, 6) is 1.91. The lowest BCUT2D eigenvalue weighted by Crippen LogP contribution is -2.11. The van der Waals surface area contributed by atoms with Gasteiger partial charge in [0.1, 0.15) is 18.1 Å². The second kappa shape index (κ2) is 7.95. The SMILES string of the molecule is COc1ccc(OCCOCC(C)C)c(CO)c1. The second-order valence-corrected chi connectivity index (χ2v) is 4.45. The number of aliphatic hydroxyl groups is 1. The second-order valence-electron chi connectivity index (χ2n) is 4.45. The normalized spacial score (nSPS) is 10.7. The zero-order chi connectivity index (χ0) is 13.4. The highest BCUT2D eigenvalue weighted by molar-refractivity contribution is 5.39. The number of ether oxygens (including phenoxy) is 3. The summed E-state index contributed by atoms with van der Waals surface area (Å²) in [6.07, 6.45) is 0. The molecule has 0 heterocycles. The van der Waals surface area contributed by atoms with Crippen molar-refractivity contribution < 1.29 is 19.3 Å². The maximum atomic E-state index is 9.25. The number of methoxy groups -OCH3 is 1. The number of hydrogen-bond donors (Lipinski definition) is 1. The van der Waals surface area contributed by atoms with Crippen LogP contribution in [-0.2, 0) is 11.3 Å². The Labute approximate surface area is 108 Å². The van der Waals surface area contributed by atoms with Crippen molar-refractivity contribution in [3.63, 3.8) is 0 Å². The smallest absolute Gasteiger partial charge is 0.125 e. The maximum Gasteiger partial charge on any atom is 0.125 e. The first-order valence-corrected chi connectivity index (χ1v) is 6.15. The van der Waals surface area contributed by atoms with Crippen LogP contribution in [-0.4, -0.2) is 32.0 Å². The van der Waals surface area contributed by atoms with Crippen LogP contribution in [0.2, 0.25) is 0 Å². The molecule has 0 saturated heterocycles. The Balaban J connectivity index is 2.41. The molecule has 4 heteroatoms. The van der Waals surface area contributed by atoms with Gasteiger partial charge in [0.15, 0.2) is 0 Å². The maximum absolute atomic E-state index is 9.25. The summed E-state index contributed by atoms with van der Waals surface area (Å²) < 4.78 is 16.1. The fraction of sp³-hybridized carbons (Fsp3) is 0.571. The van der Waals surface area contributed by atoms with E-state index in [1.165, 1.54) is 0 Å². The molecule has 0 aliphatic heterocycles. The summed E-state index contributed by atoms with van der Waals surface area (Å²) in [5.41, 5.74) is 0.721. The number of benzene rings is 1. The minimum absolute atomic E-state index is 0.0701. The number of aliphatic hydroxyl groups excluding tert-OH is 1. The number of hydrogen-bond acceptors (Lipinski definition) is 4. The van der Waals surface area contributed by atoms with E-state index in [0.717, 1.165) is 12.2 Å². The zero-order valence-corrected chi connectivity index (χ0v) is 11.3. The van der Waals surface area contributed by atoms with Crippen LogP contribution in [0, 0.1) is 5.92 Å². The summed E-state index contributed by atoms with van der Waals surface area (Å²) in [7, 11) is 1.59. The lowest BCUT2D eigenvalue weighted by Gasteiger charge is -2.12. The summed E-state index contributed by atoms with van der Waals surface area (Å²) >= 11 is 0. The molecule has 102 valence electrons. The quantitative estimate of drug-likeness (QED) is 0.723. The Morgan fingerprint density at radius 1 is 1.22 bits per heavy atom. The molecule has 0 aliphatic rings. The summed E-state index contributed by atoms with van der Waals surface area (Å²) in [6.45, 7) is 5.90. The van der Waals surface area contributed by atoms with Gasteiger partial charge in [-0.15, -0.1) is 0 Å². The van der Waals surface area contributed by atoms with Crippen molar-refractivity contribution in [1.82, 2.24) is 0 Å². The summed E-state index contributed by atoms with van der Waals surface area (Å²) in [6, 6.07) is 5.38. The van der Waals surface area contributed by atoms with E-state index in [1.54, 1.807) is 19.2 Å². The summed E-state index contributed by atoms with van der Waals surface area (Å²) in [4.78, 5) is 0. The molecule has 0 atom stereocenters. The average molecular weight is 254 g/mol. The fourth-order valence-corrected chi connectivity index (χ4v) is 1.48. The minimum atomic E-state index is -0.0701. The third-order valence-corrected chi connectivity index (χ3v) is 2.37. The van der Waals surface area contributed by atoms with E-state index < -0.39 is 0 Å². The third-order valence-electron chi connectivity index (χ3n) is 2.37. The number of rotatable bonds is 8. The first-order chi connectivity index (χ1) is 8.67. The van der Waals surface area contributed by atoms with Crippen molar-refractivity contribution in [3.8, 4) is 11.5 Å². The lowest BCUT2D eigenvalue weighted by molar-refractivity contribution is 0.0811. The molecule has 0 radical (unpaired) electrons. The van der Waals surface area contributed by atoms with Crippen LogP contribution in [0.1, 0.15) is 19.4 Å². The van der Waals surface area contributed by atoms with Crippen LogP contribution >= 0.6 is 0 Å². The van der Waals surface area contributed by atoms with Crippen molar-refractivity contribution in [2.45, 2.75) is 20.5 Å². The highest BCUT2D eigenvalue weighted by Crippen LogP contribution is 2.24. The molecule has 0 saturated carbocycles. The molecule has 4 nitrogen and oxygen atoms in total. The molecule has 0 amide bonds. The predicted molar refractivity (Wildman–Crippen MR) is 70.1 cm³/mol. The molecular weight excluding hydrogens is 232 g/mol. The Kier molecular flexibility index (Phi) is 6.54. The van der Waals surface area contributed by atoms with E-state index in [0.29, 0.717) is 30.6 Å². The molecule has 0 aromatic heterocycles. The van der Waals surface area contributed by atoms with Crippen LogP contribution in [0.15, 0.2) is 18.2 Å². The van der Waals surface area contributed by atoms with Crippen LogP contribution < -0.4 is 9.47 Å². The van der Waals surface area contributed by atoms with Gasteiger partial charge in [0.25, 0.3) is 0 Å². The van der Waals surface area contributed by atoms with Gasteiger partial charge in [-0.05, 0) is 24.1 Å². The Morgan fingerprint density at radius 3 is 2.61 bits per heavy atom. The van der Waals surface area contributed by atoms with Crippen molar-refractivity contribution in [1.29, 1.82) is 0 Å². The Bertz CT molecular complexity index is 350. The molecule has 1 N–H and O–H groups in total. The molecule has 0 aliphatic carbocycles. The molecular formula is C14H22O4. The van der Waals surface area contributed by atoms with Gasteiger partial charge >= 0.3 is 0 Å². The molecule has 0 bridgehead atoms. The third kappa shape index (κ3) is 4.94. The predicted octanol–water partition coefficient (Wildman–Crippen LogP) is 2.24. The van der Waals surface area contributed by atoms with Gasteiger partial charge in [-0.1, -0.05) is 13.8 Å². The fourth-order valence-electron chi connectivity index (χ4n) is 1.48. The monoisotopic (exact) mass is 254 g/mol. The topological polar surface area (TPSA) is 47.9 Å². The van der Waals surface area contributed by atoms with Gasteiger partial charge in [0.05, 0.1) is 20.3 Å². The van der Waals surface area contributed by atoms with Gasteiger partial charge in [-0.2, -0.15) is 0 Å². The molecule has 0 spiro atoms. The van der Waals surface area contributed by atoms with E-state index in [-0.39, 0.29) is 6.61 Å². The van der Waals surface area contributed by atoms with E-state index in [4.69, 9.17) is 14.2 Å². The standard InChI is InChI=1S/C14H22O4/c1-11(2)10-17-6-7-18-14-5-4-13(16-3)8-12(14)9-15/h4-5,8,11,15H,6-7,9-10H2,1-3H3. The molecule has 0 fully saturated rings. The molecule has 1 rings (SSSR count). The van der Waals surface area contributed by atoms with Crippen molar-refractivity contribution in [3.05, 3.63) is 23.8 Å². The van der Waals surface area contributed by atoms with Gasteiger partial charge in [0, 0.05) is 12.2 Å². The molecule has 0 unspecified atom stereocenters. The van der Waals surface area contributed by atoms with Gasteiger partial charge in [-0.3, -0.25) is 0 Å². The highest BCUT2D eigenvalue weighted by Gasteiger charge is 2.05. The first kappa shape index (κ1) is 14.8. The largest absolute Gasteiger partial charge is 0.497 e. The van der Waals surface area contributed by atoms with E-state index in [2.05, 4.69) is 13.8 Å². The Morgan fingerprint density at radius 2 is 2.00 bits per heavy atom. The molecule has 1 aromatic carbocycles. The van der Waals surface area contributed by atoms with E-state index >= 15 is 0 Å². The van der Waals surface area contributed by atoms with Crippen molar-refractivity contribution in [2.24, 2.45) is 5.92 Å². The van der Waals surface area contributed by atoms with Crippen molar-refractivity contribution in [2.75, 3.05) is 26.9 Å². The van der Waals surface area contributed by atoms with Crippen LogP contribution in [0.3, 0.4) is 0 Å². The molecule has 18 heavy (non-hydrogen) atoms. The van der Waals surface area contributed by atoms with Crippen molar-refractivity contribution >= 4 is 0 Å². The van der Waals surface area contributed by atoms with Crippen LogP contribution in [0.25, 0.3) is 0 Å². The minimum Gasteiger partial charge on any atom is -0.497 e. The van der Waals surface area contributed by atoms with Crippen LogP contribution in [0.5, 0.6) is 11.5 Å². The average Bonchev–Trinajstić information content (AvgIpc) is 2.38. The summed E-state index contributed by atoms with van der Waals surface area (Å²) in [5, 5.41) is 9.25.